The molecule has 1 fully saturated rings. The third-order valence-corrected chi connectivity index (χ3v) is 8.74. The van der Waals surface area contributed by atoms with Crippen LogP contribution in [0.3, 0.4) is 0 Å². The summed E-state index contributed by atoms with van der Waals surface area (Å²) in [4.78, 5) is 50.0. The number of alkyl halides is 14. The third-order valence-electron chi connectivity index (χ3n) is 8.74. The highest BCUT2D eigenvalue weighted by Crippen LogP contribution is 2.69. The van der Waals surface area contributed by atoms with Gasteiger partial charge in [-0.2, -0.15) is 57.1 Å². The Balaban J connectivity index is 3.08. The van der Waals surface area contributed by atoms with Gasteiger partial charge in [-0.1, -0.05) is 34.6 Å². The van der Waals surface area contributed by atoms with Crippen molar-refractivity contribution in [3.63, 3.8) is 0 Å². The second kappa shape index (κ2) is 14.9. The monoisotopic (exact) mass is 806 g/mol. The van der Waals surface area contributed by atoms with E-state index in [4.69, 9.17) is 9.47 Å². The molecule has 0 aromatic carbocycles. The van der Waals surface area contributed by atoms with Gasteiger partial charge in [-0.15, -0.1) is 0 Å². The van der Waals surface area contributed by atoms with Gasteiger partial charge in [0.15, 0.2) is 6.61 Å². The van der Waals surface area contributed by atoms with Gasteiger partial charge in [0, 0.05) is 0 Å². The number of esters is 4. The molecular weight excluding hydrogens is 766 g/mol. The summed E-state index contributed by atoms with van der Waals surface area (Å²) in [5, 5.41) is 0. The first-order chi connectivity index (χ1) is 23.2. The maximum Gasteiger partial charge on any atom is 0.422 e. The van der Waals surface area contributed by atoms with Gasteiger partial charge in [-0.25, -0.2) is 4.39 Å². The van der Waals surface area contributed by atoms with Gasteiger partial charge in [-0.05, 0) is 44.4 Å². The molecule has 0 aliphatic heterocycles. The van der Waals surface area contributed by atoms with E-state index in [0.717, 1.165) is 0 Å². The Kier molecular flexibility index (Phi) is 13.4. The second-order valence-corrected chi connectivity index (χ2v) is 15.4. The molecule has 0 aromatic rings. The predicted molar refractivity (Wildman–Crippen MR) is 152 cm³/mol. The van der Waals surface area contributed by atoms with Crippen molar-refractivity contribution in [1.82, 2.24) is 0 Å². The highest BCUT2D eigenvalue weighted by atomic mass is 19.4. The van der Waals surface area contributed by atoms with E-state index in [-0.39, 0.29) is 12.8 Å². The smallest absolute Gasteiger partial charge is 0.422 e. The van der Waals surface area contributed by atoms with Crippen molar-refractivity contribution in [2.75, 3.05) is 26.4 Å². The first kappa shape index (κ1) is 47.9. The van der Waals surface area contributed by atoms with Crippen LogP contribution in [0, 0.1) is 21.7 Å². The molecule has 1 rings (SSSR count). The van der Waals surface area contributed by atoms with Gasteiger partial charge < -0.3 is 18.9 Å². The van der Waals surface area contributed by atoms with Gasteiger partial charge in [0.1, 0.15) is 19.8 Å². The maximum absolute atomic E-state index is 14.8. The molecule has 0 aromatic heterocycles. The van der Waals surface area contributed by atoms with Gasteiger partial charge in [0.25, 0.3) is 5.67 Å². The van der Waals surface area contributed by atoms with E-state index in [1.807, 2.05) is 0 Å². The van der Waals surface area contributed by atoms with Crippen LogP contribution in [0.4, 0.5) is 61.5 Å². The van der Waals surface area contributed by atoms with Crippen LogP contribution in [-0.2, 0) is 38.1 Å². The van der Waals surface area contributed by atoms with Gasteiger partial charge >= 0.3 is 59.7 Å². The molecule has 1 atom stereocenters. The van der Waals surface area contributed by atoms with Crippen LogP contribution in [0.15, 0.2) is 0 Å². The van der Waals surface area contributed by atoms with E-state index in [0.29, 0.717) is 0 Å². The van der Waals surface area contributed by atoms with Crippen LogP contribution in [0.2, 0.25) is 0 Å². The first-order valence-corrected chi connectivity index (χ1v) is 15.5. The van der Waals surface area contributed by atoms with E-state index < -0.39 is 126 Å². The van der Waals surface area contributed by atoms with E-state index >= 15 is 0 Å². The highest BCUT2D eigenvalue weighted by Gasteiger charge is 3.01. The fourth-order valence-corrected chi connectivity index (χ4v) is 5.78. The lowest BCUT2D eigenvalue weighted by Gasteiger charge is -2.52. The summed E-state index contributed by atoms with van der Waals surface area (Å²) in [6.07, 6.45) is -7.00. The number of halogens is 14. The van der Waals surface area contributed by atoms with Gasteiger partial charge in [0.05, 0.1) is 23.7 Å². The van der Waals surface area contributed by atoms with Crippen LogP contribution in [-0.4, -0.2) is 91.8 Å². The molecule has 22 heteroatoms. The summed E-state index contributed by atoms with van der Waals surface area (Å²) in [5.74, 6) is -42.0. The zero-order valence-corrected chi connectivity index (χ0v) is 29.7. The van der Waals surface area contributed by atoms with E-state index in [1.54, 1.807) is 20.8 Å². The number of carbonyl (C=O) groups is 4. The molecular formula is C31H40F14O8. The lowest BCUT2D eigenvalue weighted by atomic mass is 9.56. The Bertz CT molecular complexity index is 1340. The number of hydrogen-bond acceptors (Lipinski definition) is 8. The molecule has 0 spiro atoms. The molecule has 310 valence electrons. The van der Waals surface area contributed by atoms with Crippen molar-refractivity contribution in [3.05, 3.63) is 0 Å². The molecule has 0 bridgehead atoms. The SMILES string of the molecule is CC(C)(C)CC(C)(C(=O)OCCC(=O)OCC1(F)C(F)(F)C(F)(F)C(F)(F)C(F)(F)C1(F)F)C(C)(C)CC(C)(C)C(=O)OCCC(=O)OCC(F)(F)F. The molecule has 1 saturated carbocycles. The van der Waals surface area contributed by atoms with Crippen molar-refractivity contribution >= 4 is 23.9 Å². The minimum absolute atomic E-state index is 0.0198. The second-order valence-electron chi connectivity index (χ2n) is 15.4. The summed E-state index contributed by atoms with van der Waals surface area (Å²) < 4.78 is 208. The minimum Gasteiger partial charge on any atom is -0.465 e. The van der Waals surface area contributed by atoms with Crippen LogP contribution >= 0.6 is 0 Å². The Labute approximate surface area is 294 Å². The quantitative estimate of drug-likeness (QED) is 0.0926. The lowest BCUT2D eigenvalue weighted by molar-refractivity contribution is -0.487. The molecule has 53 heavy (non-hydrogen) atoms. The van der Waals surface area contributed by atoms with Crippen molar-refractivity contribution in [2.45, 2.75) is 123 Å². The van der Waals surface area contributed by atoms with E-state index in [9.17, 15) is 80.6 Å². The Morgan fingerprint density at radius 3 is 1.28 bits per heavy atom. The molecule has 1 aliphatic carbocycles. The topological polar surface area (TPSA) is 105 Å². The highest BCUT2D eigenvalue weighted by molar-refractivity contribution is 5.79. The summed E-state index contributed by atoms with van der Waals surface area (Å²) in [6.45, 7) is 5.39. The Morgan fingerprint density at radius 2 is 0.887 bits per heavy atom. The van der Waals surface area contributed by atoms with Gasteiger partial charge in [-0.3, -0.25) is 19.2 Å². The Morgan fingerprint density at radius 1 is 0.509 bits per heavy atom. The van der Waals surface area contributed by atoms with Crippen molar-refractivity contribution in [3.8, 4) is 0 Å². The molecule has 0 amide bonds. The average molecular weight is 807 g/mol. The molecule has 0 heterocycles. The number of hydrogen-bond donors (Lipinski definition) is 0. The van der Waals surface area contributed by atoms with Crippen molar-refractivity contribution in [1.29, 1.82) is 0 Å². The third kappa shape index (κ3) is 9.24. The number of ether oxygens (including phenoxy) is 4. The first-order valence-electron chi connectivity index (χ1n) is 15.5. The Hall–Kier alpha value is -3.10. The zero-order valence-electron chi connectivity index (χ0n) is 29.7. The standard InChI is InChI=1S/C31H40F14O8/c1-21(2,3)13-24(8,23(6,7)14-22(4,5)19(48)50-11-9-18(47)53-16-26(33,34)35)20(49)51-12-10-17(46)52-15-25(32)27(36,37)29(40,41)31(44,45)30(42,43)28(25,38)39/h9-16H2,1-8H3. The van der Waals surface area contributed by atoms with Crippen LogP contribution in [0.1, 0.15) is 81.1 Å². The lowest BCUT2D eigenvalue weighted by Crippen LogP contribution is -2.84. The summed E-state index contributed by atoms with van der Waals surface area (Å²) in [7, 11) is 0. The normalized spacial score (nSPS) is 21.5. The summed E-state index contributed by atoms with van der Waals surface area (Å²) in [5.41, 5.74) is -11.5. The maximum atomic E-state index is 14.8. The summed E-state index contributed by atoms with van der Waals surface area (Å²) >= 11 is 0. The fourth-order valence-electron chi connectivity index (χ4n) is 5.78. The van der Waals surface area contributed by atoms with Gasteiger partial charge in [0.2, 0.25) is 0 Å². The van der Waals surface area contributed by atoms with E-state index in [1.165, 1.54) is 34.6 Å². The van der Waals surface area contributed by atoms with Crippen molar-refractivity contribution in [2.24, 2.45) is 21.7 Å². The molecule has 8 nitrogen and oxygen atoms in total. The number of rotatable bonds is 15. The molecule has 0 saturated heterocycles. The average Bonchev–Trinajstić information content (AvgIpc) is 2.95. The fraction of sp³-hybridized carbons (Fsp3) is 0.871. The molecule has 0 radical (unpaired) electrons. The minimum atomic E-state index is -7.44. The molecule has 1 aliphatic rings. The van der Waals surface area contributed by atoms with Crippen molar-refractivity contribution < 1.29 is 99.6 Å². The number of carbonyl (C=O) groups excluding carboxylic acids is 4. The molecule has 1 unspecified atom stereocenters. The molecule has 0 N–H and O–H groups in total. The largest absolute Gasteiger partial charge is 0.465 e. The predicted octanol–water partition coefficient (Wildman–Crippen LogP) is 8.29. The zero-order chi connectivity index (χ0) is 42.3. The van der Waals surface area contributed by atoms with E-state index in [2.05, 4.69) is 9.47 Å². The van der Waals surface area contributed by atoms with Crippen LogP contribution in [0.25, 0.3) is 0 Å². The summed E-state index contributed by atoms with van der Waals surface area (Å²) in [6, 6.07) is 0. The van der Waals surface area contributed by atoms with Crippen LogP contribution < -0.4 is 0 Å². The van der Waals surface area contributed by atoms with Crippen LogP contribution in [0.5, 0.6) is 0 Å².